The number of benzene rings is 1. The molecule has 0 spiro atoms. The smallest absolute Gasteiger partial charge is 0.123 e. The van der Waals surface area contributed by atoms with Crippen molar-refractivity contribution >= 4 is 5.69 Å². The number of morpholine rings is 1. The Balaban J connectivity index is 1.91. The van der Waals surface area contributed by atoms with Crippen LogP contribution in [-0.4, -0.2) is 25.3 Å². The third-order valence-electron chi connectivity index (χ3n) is 3.86. The highest BCUT2D eigenvalue weighted by molar-refractivity contribution is 5.55. The lowest BCUT2D eigenvalue weighted by Gasteiger charge is -2.35. The van der Waals surface area contributed by atoms with Crippen molar-refractivity contribution in [3.63, 3.8) is 0 Å². The Morgan fingerprint density at radius 3 is 2.61 bits per heavy atom. The summed E-state index contributed by atoms with van der Waals surface area (Å²) in [5.74, 6) is -0.220. The van der Waals surface area contributed by atoms with E-state index in [0.717, 1.165) is 37.2 Å². The zero-order valence-electron chi connectivity index (χ0n) is 10.6. The minimum Gasteiger partial charge on any atom is -0.371 e. The zero-order chi connectivity index (χ0) is 12.7. The first-order chi connectivity index (χ1) is 8.63. The molecular formula is C14H19FN2O. The van der Waals surface area contributed by atoms with E-state index in [1.54, 1.807) is 6.07 Å². The second kappa shape index (κ2) is 4.52. The van der Waals surface area contributed by atoms with Crippen LogP contribution in [0.3, 0.4) is 0 Å². The predicted octanol–water partition coefficient (Wildman–Crippen LogP) is 2.21. The molecule has 0 amide bonds. The van der Waals surface area contributed by atoms with E-state index in [0.29, 0.717) is 12.2 Å². The highest BCUT2D eigenvalue weighted by Crippen LogP contribution is 2.33. The molecule has 3 nitrogen and oxygen atoms in total. The molecule has 2 aliphatic rings. The fourth-order valence-corrected chi connectivity index (χ4v) is 2.99. The number of hydrogen-bond donors (Lipinski definition) is 1. The second-order valence-electron chi connectivity index (χ2n) is 5.35. The molecule has 2 fully saturated rings. The first-order valence-electron chi connectivity index (χ1n) is 6.59. The van der Waals surface area contributed by atoms with E-state index >= 15 is 0 Å². The second-order valence-corrected chi connectivity index (χ2v) is 5.35. The van der Waals surface area contributed by atoms with Gasteiger partial charge in [0.25, 0.3) is 0 Å². The molecule has 0 aliphatic carbocycles. The summed E-state index contributed by atoms with van der Waals surface area (Å²) >= 11 is 0. The van der Waals surface area contributed by atoms with Gasteiger partial charge in [0.15, 0.2) is 0 Å². The van der Waals surface area contributed by atoms with Crippen LogP contribution < -0.4 is 10.6 Å². The number of halogens is 1. The van der Waals surface area contributed by atoms with Crippen molar-refractivity contribution < 1.29 is 9.13 Å². The Labute approximate surface area is 107 Å². The summed E-state index contributed by atoms with van der Waals surface area (Å²) in [7, 11) is 0. The van der Waals surface area contributed by atoms with Gasteiger partial charge in [-0.2, -0.15) is 0 Å². The maximum absolute atomic E-state index is 13.3. The predicted molar refractivity (Wildman–Crippen MR) is 69.1 cm³/mol. The number of nitrogens with two attached hydrogens (primary N) is 1. The van der Waals surface area contributed by atoms with Crippen LogP contribution in [0.1, 0.15) is 31.4 Å². The maximum atomic E-state index is 13.3. The Bertz CT molecular complexity index is 437. The molecular weight excluding hydrogens is 231 g/mol. The van der Waals surface area contributed by atoms with Crippen LogP contribution in [0.2, 0.25) is 0 Å². The van der Waals surface area contributed by atoms with Gasteiger partial charge in [0, 0.05) is 24.8 Å². The average molecular weight is 250 g/mol. The van der Waals surface area contributed by atoms with Crippen LogP contribution in [0, 0.1) is 5.82 Å². The third-order valence-corrected chi connectivity index (χ3v) is 3.86. The van der Waals surface area contributed by atoms with Crippen molar-refractivity contribution in [2.75, 3.05) is 18.0 Å². The molecule has 2 unspecified atom stereocenters. The fourth-order valence-electron chi connectivity index (χ4n) is 2.99. The minimum absolute atomic E-state index is 0.156. The van der Waals surface area contributed by atoms with Gasteiger partial charge in [-0.1, -0.05) is 0 Å². The first kappa shape index (κ1) is 11.9. The Morgan fingerprint density at radius 1 is 1.33 bits per heavy atom. The molecule has 3 atom stereocenters. The summed E-state index contributed by atoms with van der Waals surface area (Å²) in [6, 6.07) is 4.76. The quantitative estimate of drug-likeness (QED) is 0.874. The van der Waals surface area contributed by atoms with Crippen LogP contribution in [0.15, 0.2) is 18.2 Å². The molecule has 2 heterocycles. The molecule has 2 saturated heterocycles. The molecule has 0 radical (unpaired) electrons. The van der Waals surface area contributed by atoms with E-state index in [1.807, 2.05) is 13.0 Å². The van der Waals surface area contributed by atoms with E-state index in [-0.39, 0.29) is 11.9 Å². The SMILES string of the molecule is C[C@@H](N)c1cc(F)ccc1N1CC2CCC(C1)O2. The fraction of sp³-hybridized carbons (Fsp3) is 0.571. The molecule has 1 aromatic rings. The molecule has 0 saturated carbocycles. The first-order valence-corrected chi connectivity index (χ1v) is 6.59. The van der Waals surface area contributed by atoms with E-state index < -0.39 is 0 Å². The zero-order valence-corrected chi connectivity index (χ0v) is 10.6. The van der Waals surface area contributed by atoms with Crippen molar-refractivity contribution in [1.29, 1.82) is 0 Å². The lowest BCUT2D eigenvalue weighted by molar-refractivity contribution is 0.0304. The third kappa shape index (κ3) is 2.10. The van der Waals surface area contributed by atoms with Crippen LogP contribution in [0.25, 0.3) is 0 Å². The summed E-state index contributed by atoms with van der Waals surface area (Å²) in [6.45, 7) is 3.68. The van der Waals surface area contributed by atoms with Crippen LogP contribution in [0.4, 0.5) is 10.1 Å². The molecule has 3 rings (SSSR count). The molecule has 2 aliphatic heterocycles. The normalized spacial score (nSPS) is 28.5. The molecule has 0 aromatic heterocycles. The highest BCUT2D eigenvalue weighted by atomic mass is 19.1. The number of anilines is 1. The van der Waals surface area contributed by atoms with Gasteiger partial charge in [-0.05, 0) is 43.5 Å². The summed E-state index contributed by atoms with van der Waals surface area (Å²) in [5, 5.41) is 0. The summed E-state index contributed by atoms with van der Waals surface area (Å²) in [5.41, 5.74) is 7.90. The van der Waals surface area contributed by atoms with Crippen molar-refractivity contribution in [2.45, 2.75) is 38.0 Å². The lowest BCUT2D eigenvalue weighted by atomic mass is 10.0. The summed E-state index contributed by atoms with van der Waals surface area (Å²) in [6.07, 6.45) is 2.93. The van der Waals surface area contributed by atoms with Crippen molar-refractivity contribution in [2.24, 2.45) is 5.73 Å². The Kier molecular flexibility index (Phi) is 2.99. The summed E-state index contributed by atoms with van der Waals surface area (Å²) in [4.78, 5) is 2.30. The van der Waals surface area contributed by atoms with Gasteiger partial charge in [0.2, 0.25) is 0 Å². The number of ether oxygens (including phenoxy) is 1. The van der Waals surface area contributed by atoms with Gasteiger partial charge in [0.1, 0.15) is 5.82 Å². The molecule has 2 N–H and O–H groups in total. The Hall–Kier alpha value is -1.13. The molecule has 18 heavy (non-hydrogen) atoms. The van der Waals surface area contributed by atoms with E-state index in [1.165, 1.54) is 6.07 Å². The number of fused-ring (bicyclic) bond motifs is 2. The number of hydrogen-bond acceptors (Lipinski definition) is 3. The number of nitrogens with zero attached hydrogens (tertiary/aromatic N) is 1. The molecule has 2 bridgehead atoms. The van der Waals surface area contributed by atoms with E-state index in [2.05, 4.69) is 4.90 Å². The van der Waals surface area contributed by atoms with E-state index in [9.17, 15) is 4.39 Å². The van der Waals surface area contributed by atoms with Gasteiger partial charge in [0.05, 0.1) is 12.2 Å². The van der Waals surface area contributed by atoms with Gasteiger partial charge < -0.3 is 15.4 Å². The Morgan fingerprint density at radius 2 is 2.00 bits per heavy atom. The highest BCUT2D eigenvalue weighted by Gasteiger charge is 2.34. The topological polar surface area (TPSA) is 38.5 Å². The minimum atomic E-state index is -0.220. The standard InChI is InChI=1S/C14H19FN2O/c1-9(16)13-6-10(15)2-5-14(13)17-7-11-3-4-12(8-17)18-11/h2,5-6,9,11-12H,3-4,7-8,16H2,1H3/t9-,11?,12?/m1/s1. The van der Waals surface area contributed by atoms with E-state index in [4.69, 9.17) is 10.5 Å². The van der Waals surface area contributed by atoms with Gasteiger partial charge >= 0.3 is 0 Å². The van der Waals surface area contributed by atoms with Crippen molar-refractivity contribution in [1.82, 2.24) is 0 Å². The maximum Gasteiger partial charge on any atom is 0.123 e. The summed E-state index contributed by atoms with van der Waals surface area (Å²) < 4.78 is 19.2. The number of rotatable bonds is 2. The van der Waals surface area contributed by atoms with Crippen LogP contribution in [0.5, 0.6) is 0 Å². The largest absolute Gasteiger partial charge is 0.371 e. The van der Waals surface area contributed by atoms with Gasteiger partial charge in [-0.25, -0.2) is 4.39 Å². The monoisotopic (exact) mass is 250 g/mol. The molecule has 4 heteroatoms. The van der Waals surface area contributed by atoms with Gasteiger partial charge in [-0.15, -0.1) is 0 Å². The van der Waals surface area contributed by atoms with Crippen molar-refractivity contribution in [3.8, 4) is 0 Å². The average Bonchev–Trinajstić information content (AvgIpc) is 2.68. The van der Waals surface area contributed by atoms with Gasteiger partial charge in [-0.3, -0.25) is 0 Å². The molecule has 1 aromatic carbocycles. The van der Waals surface area contributed by atoms with Crippen LogP contribution >= 0.6 is 0 Å². The van der Waals surface area contributed by atoms with Crippen LogP contribution in [-0.2, 0) is 4.74 Å². The lowest BCUT2D eigenvalue weighted by Crippen LogP contribution is -2.43. The van der Waals surface area contributed by atoms with Crippen molar-refractivity contribution in [3.05, 3.63) is 29.6 Å². The molecule has 98 valence electrons.